The molecule has 18 heavy (non-hydrogen) atoms. The number of nitrogens with one attached hydrogen (secondary N) is 1. The first-order chi connectivity index (χ1) is 8.40. The Kier molecular flexibility index (Phi) is 4.71. The van der Waals surface area contributed by atoms with E-state index in [1.165, 1.54) is 0 Å². The fraction of sp³-hybridized carbons (Fsp3) is 0.385. The summed E-state index contributed by atoms with van der Waals surface area (Å²) in [5, 5.41) is 11.3. The van der Waals surface area contributed by atoms with Gasteiger partial charge < -0.3 is 15.2 Å². The molecule has 0 heterocycles. The third kappa shape index (κ3) is 4.08. The van der Waals surface area contributed by atoms with Crippen molar-refractivity contribution in [2.24, 2.45) is 5.92 Å². The first-order valence-corrected chi connectivity index (χ1v) is 5.66. The Hall–Kier alpha value is -2.04. The number of hydrogen-bond acceptors (Lipinski definition) is 3. The lowest BCUT2D eigenvalue weighted by Crippen LogP contribution is -2.19. The Labute approximate surface area is 106 Å². The van der Waals surface area contributed by atoms with Crippen molar-refractivity contribution in [3.8, 4) is 5.75 Å². The average molecular weight is 251 g/mol. The third-order valence-electron chi connectivity index (χ3n) is 2.27. The number of carbonyl (C=O) groups is 2. The van der Waals surface area contributed by atoms with Crippen molar-refractivity contribution < 1.29 is 19.4 Å². The fourth-order valence-electron chi connectivity index (χ4n) is 1.28. The number of ether oxygens (including phenoxy) is 1. The van der Waals surface area contributed by atoms with Crippen LogP contribution in [0, 0.1) is 12.8 Å². The summed E-state index contributed by atoms with van der Waals surface area (Å²) in [6.45, 7) is 5.01. The summed E-state index contributed by atoms with van der Waals surface area (Å²) in [4.78, 5) is 22.1. The number of hydrogen-bond donors (Lipinski definition) is 2. The summed E-state index contributed by atoms with van der Waals surface area (Å²) < 4.78 is 5.12. The van der Waals surface area contributed by atoms with E-state index in [9.17, 15) is 9.59 Å². The summed E-state index contributed by atoms with van der Waals surface area (Å²) in [7, 11) is 0. The predicted molar refractivity (Wildman–Crippen MR) is 67.8 cm³/mol. The van der Waals surface area contributed by atoms with Gasteiger partial charge in [-0.05, 0) is 24.6 Å². The van der Waals surface area contributed by atoms with E-state index in [1.54, 1.807) is 32.0 Å². The number of rotatable bonds is 5. The van der Waals surface area contributed by atoms with Crippen LogP contribution in [0.15, 0.2) is 18.2 Å². The lowest BCUT2D eigenvalue weighted by Gasteiger charge is -2.13. The van der Waals surface area contributed by atoms with Crippen molar-refractivity contribution in [3.63, 3.8) is 0 Å². The molecule has 0 atom stereocenters. The van der Waals surface area contributed by atoms with Crippen LogP contribution < -0.4 is 10.1 Å². The van der Waals surface area contributed by atoms with Gasteiger partial charge in [-0.2, -0.15) is 0 Å². The van der Waals surface area contributed by atoms with Gasteiger partial charge in [0.2, 0.25) is 5.91 Å². The number of anilines is 1. The smallest absolute Gasteiger partial charge is 0.341 e. The van der Waals surface area contributed by atoms with Gasteiger partial charge in [0.1, 0.15) is 5.75 Å². The van der Waals surface area contributed by atoms with Crippen LogP contribution in [0.4, 0.5) is 5.69 Å². The van der Waals surface area contributed by atoms with Gasteiger partial charge in [0.05, 0.1) is 5.69 Å². The molecule has 0 aliphatic rings. The van der Waals surface area contributed by atoms with Crippen molar-refractivity contribution in [2.45, 2.75) is 20.8 Å². The lowest BCUT2D eigenvalue weighted by atomic mass is 10.1. The van der Waals surface area contributed by atoms with Gasteiger partial charge >= 0.3 is 5.97 Å². The molecule has 0 saturated heterocycles. The molecular weight excluding hydrogens is 234 g/mol. The molecule has 0 aromatic heterocycles. The Morgan fingerprint density at radius 1 is 1.39 bits per heavy atom. The minimum Gasteiger partial charge on any atom is -0.480 e. The zero-order chi connectivity index (χ0) is 13.7. The number of aliphatic carboxylic acids is 1. The second kappa shape index (κ2) is 6.05. The highest BCUT2D eigenvalue weighted by Crippen LogP contribution is 2.26. The Balaban J connectivity index is 2.89. The first-order valence-electron chi connectivity index (χ1n) is 5.66. The number of aryl methyl sites for hydroxylation is 1. The minimum atomic E-state index is -1.06. The van der Waals surface area contributed by atoms with Crippen LogP contribution in [0.1, 0.15) is 19.4 Å². The van der Waals surface area contributed by atoms with E-state index in [-0.39, 0.29) is 11.8 Å². The van der Waals surface area contributed by atoms with E-state index in [0.717, 1.165) is 5.56 Å². The van der Waals surface area contributed by atoms with Gasteiger partial charge in [-0.25, -0.2) is 4.79 Å². The number of benzene rings is 1. The maximum absolute atomic E-state index is 11.6. The molecule has 0 bridgehead atoms. The molecule has 5 nitrogen and oxygen atoms in total. The third-order valence-corrected chi connectivity index (χ3v) is 2.27. The molecule has 0 spiro atoms. The van der Waals surface area contributed by atoms with E-state index < -0.39 is 12.6 Å². The highest BCUT2D eigenvalue weighted by Gasteiger charge is 2.12. The zero-order valence-electron chi connectivity index (χ0n) is 10.7. The summed E-state index contributed by atoms with van der Waals surface area (Å²) in [5.41, 5.74) is 1.45. The summed E-state index contributed by atoms with van der Waals surface area (Å²) in [6.07, 6.45) is 0. The standard InChI is InChI=1S/C13H17NO4/c1-8(2)13(17)14-10-6-9(3)4-5-11(10)18-7-12(15)16/h4-6,8H,7H2,1-3H3,(H,14,17)(H,15,16). The summed E-state index contributed by atoms with van der Waals surface area (Å²) in [6, 6.07) is 5.19. The normalized spacial score (nSPS) is 10.2. The highest BCUT2D eigenvalue weighted by atomic mass is 16.5. The van der Waals surface area contributed by atoms with Crippen LogP contribution in [0.3, 0.4) is 0 Å². The second-order valence-corrected chi connectivity index (χ2v) is 4.33. The number of carbonyl (C=O) groups excluding carboxylic acids is 1. The van der Waals surface area contributed by atoms with Crippen LogP contribution in [-0.4, -0.2) is 23.6 Å². The average Bonchev–Trinajstić information content (AvgIpc) is 2.27. The predicted octanol–water partition coefficient (Wildman–Crippen LogP) is 2.05. The van der Waals surface area contributed by atoms with Crippen molar-refractivity contribution in [1.29, 1.82) is 0 Å². The molecule has 1 aromatic rings. The zero-order valence-corrected chi connectivity index (χ0v) is 10.7. The van der Waals surface area contributed by atoms with Gasteiger partial charge in [0, 0.05) is 5.92 Å². The number of carboxylic acids is 1. The molecule has 1 aromatic carbocycles. The van der Waals surface area contributed by atoms with Gasteiger partial charge in [0.25, 0.3) is 0 Å². The van der Waals surface area contributed by atoms with Gasteiger partial charge in [0.15, 0.2) is 6.61 Å². The van der Waals surface area contributed by atoms with E-state index >= 15 is 0 Å². The van der Waals surface area contributed by atoms with Gasteiger partial charge in [-0.15, -0.1) is 0 Å². The van der Waals surface area contributed by atoms with E-state index in [0.29, 0.717) is 11.4 Å². The maximum Gasteiger partial charge on any atom is 0.341 e. The van der Waals surface area contributed by atoms with E-state index in [1.807, 2.05) is 6.92 Å². The SMILES string of the molecule is Cc1ccc(OCC(=O)O)c(NC(=O)C(C)C)c1. The second-order valence-electron chi connectivity index (χ2n) is 4.33. The minimum absolute atomic E-state index is 0.138. The molecular formula is C13H17NO4. The molecule has 5 heteroatoms. The molecule has 1 rings (SSSR count). The first kappa shape index (κ1) is 14.0. The highest BCUT2D eigenvalue weighted by molar-refractivity contribution is 5.93. The molecule has 98 valence electrons. The molecule has 1 amide bonds. The molecule has 0 radical (unpaired) electrons. The van der Waals surface area contributed by atoms with Gasteiger partial charge in [-0.1, -0.05) is 19.9 Å². The van der Waals surface area contributed by atoms with Crippen molar-refractivity contribution in [3.05, 3.63) is 23.8 Å². The van der Waals surface area contributed by atoms with Crippen LogP contribution in [-0.2, 0) is 9.59 Å². The monoisotopic (exact) mass is 251 g/mol. The summed E-state index contributed by atoms with van der Waals surface area (Å²) >= 11 is 0. The van der Waals surface area contributed by atoms with E-state index in [4.69, 9.17) is 9.84 Å². The van der Waals surface area contributed by atoms with Crippen molar-refractivity contribution in [1.82, 2.24) is 0 Å². The lowest BCUT2D eigenvalue weighted by molar-refractivity contribution is -0.139. The summed E-state index contributed by atoms with van der Waals surface area (Å²) in [5.74, 6) is -0.993. The number of carboxylic acid groups (broad SMARTS) is 1. The fourth-order valence-corrected chi connectivity index (χ4v) is 1.28. The van der Waals surface area contributed by atoms with Crippen molar-refractivity contribution in [2.75, 3.05) is 11.9 Å². The largest absolute Gasteiger partial charge is 0.480 e. The van der Waals surface area contributed by atoms with Crippen LogP contribution in [0.2, 0.25) is 0 Å². The Bertz CT molecular complexity index is 454. The Morgan fingerprint density at radius 3 is 2.61 bits per heavy atom. The molecule has 0 aliphatic heterocycles. The molecule has 0 saturated carbocycles. The van der Waals surface area contributed by atoms with Crippen LogP contribution >= 0.6 is 0 Å². The molecule has 2 N–H and O–H groups in total. The Morgan fingerprint density at radius 2 is 2.06 bits per heavy atom. The van der Waals surface area contributed by atoms with Crippen LogP contribution in [0.25, 0.3) is 0 Å². The topological polar surface area (TPSA) is 75.6 Å². The van der Waals surface area contributed by atoms with Crippen LogP contribution in [0.5, 0.6) is 5.75 Å². The maximum atomic E-state index is 11.6. The van der Waals surface area contributed by atoms with Gasteiger partial charge in [-0.3, -0.25) is 4.79 Å². The molecule has 0 unspecified atom stereocenters. The molecule has 0 fully saturated rings. The molecule has 0 aliphatic carbocycles. The van der Waals surface area contributed by atoms with E-state index in [2.05, 4.69) is 5.32 Å². The van der Waals surface area contributed by atoms with Crippen molar-refractivity contribution >= 4 is 17.6 Å². The number of amides is 1. The quantitative estimate of drug-likeness (QED) is 0.839.